The number of aromatic nitrogens is 3. The Morgan fingerprint density at radius 2 is 1.83 bits per heavy atom. The summed E-state index contributed by atoms with van der Waals surface area (Å²) in [6, 6.07) is 8.03. The van der Waals surface area contributed by atoms with Crippen LogP contribution >= 0.6 is 0 Å². The van der Waals surface area contributed by atoms with Crippen molar-refractivity contribution < 1.29 is 26.3 Å². The van der Waals surface area contributed by atoms with E-state index in [4.69, 9.17) is 4.74 Å². The first-order chi connectivity index (χ1) is 16.7. The molecule has 2 aromatic carbocycles. The molecule has 0 saturated carbocycles. The third kappa shape index (κ3) is 4.97. The van der Waals surface area contributed by atoms with Gasteiger partial charge in [-0.05, 0) is 36.8 Å². The van der Waals surface area contributed by atoms with Crippen LogP contribution in [-0.4, -0.2) is 36.2 Å². The molecule has 2 heterocycles. The Balaban J connectivity index is 1.82. The summed E-state index contributed by atoms with van der Waals surface area (Å²) in [5, 5.41) is 2.89. The summed E-state index contributed by atoms with van der Waals surface area (Å²) in [6.45, 7) is 1.66. The lowest BCUT2D eigenvalue weighted by molar-refractivity contribution is 0.416. The molecule has 0 unspecified atom stereocenters. The van der Waals surface area contributed by atoms with Crippen LogP contribution in [0.15, 0.2) is 48.9 Å². The summed E-state index contributed by atoms with van der Waals surface area (Å²) < 4.78 is 75.8. The Bertz CT molecular complexity index is 1520. The Morgan fingerprint density at radius 3 is 2.54 bits per heavy atom. The van der Waals surface area contributed by atoms with E-state index in [1.807, 2.05) is 0 Å². The molecule has 0 bridgehead atoms. The highest BCUT2D eigenvalue weighted by Crippen LogP contribution is 2.37. The second-order valence-electron chi connectivity index (χ2n) is 7.46. The summed E-state index contributed by atoms with van der Waals surface area (Å²) in [4.78, 5) is 11.9. The van der Waals surface area contributed by atoms with E-state index in [-0.39, 0.29) is 17.1 Å². The number of nitrogens with one attached hydrogen (secondary N) is 2. The van der Waals surface area contributed by atoms with Gasteiger partial charge in [0.25, 0.3) is 0 Å². The Labute approximate surface area is 199 Å². The largest absolute Gasteiger partial charge is 0.496 e. The number of hydrogen-bond acceptors (Lipinski definition) is 7. The zero-order valence-corrected chi connectivity index (χ0v) is 19.5. The SMILES string of the molecule is CCCS(=O)(=O)Nc1ccc(F)c(Nc2ncnc3cc(OC)c(-c4cccnc4F)cc23)c1F. The summed E-state index contributed by atoms with van der Waals surface area (Å²) in [5.74, 6) is -2.77. The van der Waals surface area contributed by atoms with E-state index >= 15 is 4.39 Å². The summed E-state index contributed by atoms with van der Waals surface area (Å²) in [7, 11) is -2.40. The Kier molecular flexibility index (Phi) is 6.74. The van der Waals surface area contributed by atoms with Crippen LogP contribution in [0.4, 0.5) is 30.4 Å². The monoisotopic (exact) mass is 503 g/mol. The van der Waals surface area contributed by atoms with E-state index in [0.717, 1.165) is 12.1 Å². The number of nitrogens with zero attached hydrogens (tertiary/aromatic N) is 3. The molecular weight excluding hydrogens is 483 g/mol. The predicted octanol–water partition coefficient (Wildman–Crippen LogP) is 5.01. The predicted molar refractivity (Wildman–Crippen MR) is 127 cm³/mol. The number of anilines is 3. The molecule has 0 aliphatic heterocycles. The zero-order valence-electron chi connectivity index (χ0n) is 18.6. The number of fused-ring (bicyclic) bond motifs is 1. The third-order valence-electron chi connectivity index (χ3n) is 5.08. The summed E-state index contributed by atoms with van der Waals surface area (Å²) in [5.41, 5.74) is -0.212. The van der Waals surface area contributed by atoms with Gasteiger partial charge in [-0.2, -0.15) is 4.39 Å². The topological polar surface area (TPSA) is 106 Å². The summed E-state index contributed by atoms with van der Waals surface area (Å²) in [6.07, 6.45) is 2.80. The second kappa shape index (κ2) is 9.74. The van der Waals surface area contributed by atoms with E-state index in [1.165, 1.54) is 37.8 Å². The smallest absolute Gasteiger partial charge is 0.232 e. The normalized spacial score (nSPS) is 11.5. The van der Waals surface area contributed by atoms with Crippen molar-refractivity contribution in [1.29, 1.82) is 0 Å². The molecule has 0 fully saturated rings. The molecule has 182 valence electrons. The number of halogens is 3. The van der Waals surface area contributed by atoms with Gasteiger partial charge in [-0.15, -0.1) is 0 Å². The Morgan fingerprint density at radius 1 is 1.03 bits per heavy atom. The van der Waals surface area contributed by atoms with E-state index in [9.17, 15) is 17.2 Å². The van der Waals surface area contributed by atoms with Gasteiger partial charge < -0.3 is 10.1 Å². The highest BCUT2D eigenvalue weighted by atomic mass is 32.2. The van der Waals surface area contributed by atoms with Crippen LogP contribution in [0.3, 0.4) is 0 Å². The minimum Gasteiger partial charge on any atom is -0.496 e. The second-order valence-corrected chi connectivity index (χ2v) is 9.31. The number of benzene rings is 2. The molecule has 4 aromatic rings. The number of sulfonamides is 1. The van der Waals surface area contributed by atoms with Crippen molar-refractivity contribution in [2.75, 3.05) is 22.9 Å². The van der Waals surface area contributed by atoms with Crippen molar-refractivity contribution in [2.45, 2.75) is 13.3 Å². The average Bonchev–Trinajstić information content (AvgIpc) is 2.83. The van der Waals surface area contributed by atoms with Gasteiger partial charge in [0, 0.05) is 28.8 Å². The first-order valence-electron chi connectivity index (χ1n) is 10.4. The number of pyridine rings is 1. The van der Waals surface area contributed by atoms with Gasteiger partial charge in [-0.1, -0.05) is 6.92 Å². The molecular formula is C23H20F3N5O3S. The van der Waals surface area contributed by atoms with Crippen LogP contribution in [0, 0.1) is 17.6 Å². The fourth-order valence-electron chi connectivity index (χ4n) is 3.50. The minimum absolute atomic E-state index is 0.00886. The van der Waals surface area contributed by atoms with Gasteiger partial charge in [-0.3, -0.25) is 4.72 Å². The highest BCUT2D eigenvalue weighted by molar-refractivity contribution is 7.92. The van der Waals surface area contributed by atoms with Gasteiger partial charge in [0.2, 0.25) is 16.0 Å². The standard InChI is InChI=1S/C23H20F3N5O3S/c1-3-9-35(32,33)31-17-7-6-16(24)21(20(17)25)30-23-15-10-14(13-5-4-8-27-22(13)26)19(34-2)11-18(15)28-12-29-23/h4-8,10-12,31H,3,9H2,1-2H3,(H,28,29,30). The van der Waals surface area contributed by atoms with Crippen LogP contribution in [-0.2, 0) is 10.0 Å². The van der Waals surface area contributed by atoms with Gasteiger partial charge in [-0.25, -0.2) is 32.2 Å². The molecule has 0 saturated heterocycles. The molecule has 12 heteroatoms. The van der Waals surface area contributed by atoms with Gasteiger partial charge >= 0.3 is 0 Å². The van der Waals surface area contributed by atoms with Crippen molar-refractivity contribution in [3.05, 3.63) is 66.5 Å². The molecule has 2 aromatic heterocycles. The van der Waals surface area contributed by atoms with Gasteiger partial charge in [0.05, 0.1) is 24.1 Å². The van der Waals surface area contributed by atoms with Crippen molar-refractivity contribution >= 4 is 38.1 Å². The van der Waals surface area contributed by atoms with E-state index < -0.39 is 39.0 Å². The molecule has 0 amide bonds. The van der Waals surface area contributed by atoms with Crippen molar-refractivity contribution in [3.63, 3.8) is 0 Å². The van der Waals surface area contributed by atoms with E-state index in [2.05, 4.69) is 25.0 Å². The van der Waals surface area contributed by atoms with Crippen molar-refractivity contribution in [1.82, 2.24) is 15.0 Å². The van der Waals surface area contributed by atoms with E-state index in [1.54, 1.807) is 13.0 Å². The maximum absolute atomic E-state index is 15.2. The lowest BCUT2D eigenvalue weighted by Gasteiger charge is -2.15. The quantitative estimate of drug-likeness (QED) is 0.326. The third-order valence-corrected chi connectivity index (χ3v) is 6.56. The van der Waals surface area contributed by atoms with Crippen LogP contribution in [0.2, 0.25) is 0 Å². The molecule has 4 rings (SSSR count). The van der Waals surface area contributed by atoms with Crippen LogP contribution in [0.5, 0.6) is 5.75 Å². The maximum Gasteiger partial charge on any atom is 0.232 e. The van der Waals surface area contributed by atoms with Crippen molar-refractivity contribution in [3.8, 4) is 16.9 Å². The van der Waals surface area contributed by atoms with Crippen LogP contribution in [0.1, 0.15) is 13.3 Å². The molecule has 2 N–H and O–H groups in total. The van der Waals surface area contributed by atoms with Gasteiger partial charge in [0.1, 0.15) is 29.4 Å². The molecule has 0 radical (unpaired) electrons. The fourth-order valence-corrected chi connectivity index (χ4v) is 4.63. The Hall–Kier alpha value is -3.93. The van der Waals surface area contributed by atoms with Crippen molar-refractivity contribution in [2.24, 2.45) is 0 Å². The van der Waals surface area contributed by atoms with Gasteiger partial charge in [0.15, 0.2) is 5.82 Å². The lowest BCUT2D eigenvalue weighted by atomic mass is 10.0. The van der Waals surface area contributed by atoms with E-state index in [0.29, 0.717) is 28.6 Å². The molecule has 35 heavy (non-hydrogen) atoms. The number of rotatable bonds is 8. The molecule has 0 spiro atoms. The molecule has 0 atom stereocenters. The maximum atomic E-state index is 15.2. The molecule has 8 nitrogen and oxygen atoms in total. The zero-order chi connectivity index (χ0) is 25.2. The van der Waals surface area contributed by atoms with Crippen LogP contribution in [0.25, 0.3) is 22.0 Å². The number of ether oxygens (including phenoxy) is 1. The highest BCUT2D eigenvalue weighted by Gasteiger charge is 2.20. The number of hydrogen-bond donors (Lipinski definition) is 2. The average molecular weight is 504 g/mol. The minimum atomic E-state index is -3.81. The first-order valence-corrected chi connectivity index (χ1v) is 12.1. The molecule has 0 aliphatic carbocycles. The fraction of sp³-hybridized carbons (Fsp3) is 0.174. The first kappa shape index (κ1) is 24.2. The lowest BCUT2D eigenvalue weighted by Crippen LogP contribution is -2.17. The number of methoxy groups -OCH3 is 1. The van der Waals surface area contributed by atoms with Crippen LogP contribution < -0.4 is 14.8 Å². The summed E-state index contributed by atoms with van der Waals surface area (Å²) >= 11 is 0. The molecule has 0 aliphatic rings.